The van der Waals surface area contributed by atoms with Crippen molar-refractivity contribution < 1.29 is 18.1 Å². The van der Waals surface area contributed by atoms with Crippen LogP contribution in [-0.2, 0) is 10.0 Å². The van der Waals surface area contributed by atoms with E-state index in [0.717, 1.165) is 25.5 Å². The zero-order valence-electron chi connectivity index (χ0n) is 11.5. The van der Waals surface area contributed by atoms with Crippen LogP contribution in [0.3, 0.4) is 0 Å². The van der Waals surface area contributed by atoms with Crippen molar-refractivity contribution >= 4 is 15.7 Å². The van der Waals surface area contributed by atoms with Crippen LogP contribution in [0.15, 0.2) is 23.1 Å². The minimum Gasteiger partial charge on any atom is -0.495 e. The monoisotopic (exact) mass is 315 g/mol. The van der Waals surface area contributed by atoms with Gasteiger partial charge in [-0.2, -0.15) is 0 Å². The van der Waals surface area contributed by atoms with Gasteiger partial charge in [-0.1, -0.05) is 0 Å². The SMILES string of the molecule is COc1ccc([N+](=O)[O-])cc1S(=O)(=O)NC1CCCNC1. The summed E-state index contributed by atoms with van der Waals surface area (Å²) in [5, 5.41) is 13.9. The van der Waals surface area contributed by atoms with E-state index in [2.05, 4.69) is 10.0 Å². The van der Waals surface area contributed by atoms with Crippen molar-refractivity contribution in [2.75, 3.05) is 20.2 Å². The fourth-order valence-corrected chi connectivity index (χ4v) is 3.68. The molecule has 1 aromatic rings. The molecule has 1 fully saturated rings. The van der Waals surface area contributed by atoms with Crippen LogP contribution in [0.25, 0.3) is 0 Å². The largest absolute Gasteiger partial charge is 0.495 e. The standard InChI is InChI=1S/C12H17N3O5S/c1-20-11-5-4-10(15(16)17)7-12(11)21(18,19)14-9-3-2-6-13-8-9/h4-5,7,9,13-14H,2-3,6,8H2,1H3. The summed E-state index contributed by atoms with van der Waals surface area (Å²) >= 11 is 0. The summed E-state index contributed by atoms with van der Waals surface area (Å²) < 4.78 is 32.4. The van der Waals surface area contributed by atoms with Gasteiger partial charge in [0, 0.05) is 24.7 Å². The lowest BCUT2D eigenvalue weighted by atomic mass is 10.1. The molecule has 1 aliphatic rings. The van der Waals surface area contributed by atoms with E-state index >= 15 is 0 Å². The van der Waals surface area contributed by atoms with Gasteiger partial charge in [-0.3, -0.25) is 10.1 Å². The van der Waals surface area contributed by atoms with Crippen LogP contribution in [-0.4, -0.2) is 39.6 Å². The number of methoxy groups -OCH3 is 1. The number of rotatable bonds is 5. The lowest BCUT2D eigenvalue weighted by molar-refractivity contribution is -0.385. The highest BCUT2D eigenvalue weighted by Gasteiger charge is 2.26. The Hall–Kier alpha value is -1.71. The van der Waals surface area contributed by atoms with Gasteiger partial charge in [-0.05, 0) is 25.5 Å². The molecule has 2 N–H and O–H groups in total. The van der Waals surface area contributed by atoms with Crippen LogP contribution < -0.4 is 14.8 Å². The molecule has 8 nitrogen and oxygen atoms in total. The van der Waals surface area contributed by atoms with Crippen LogP contribution in [0.4, 0.5) is 5.69 Å². The Morgan fingerprint density at radius 2 is 2.24 bits per heavy atom. The number of hydrogen-bond donors (Lipinski definition) is 2. The third-order valence-corrected chi connectivity index (χ3v) is 4.81. The summed E-state index contributed by atoms with van der Waals surface area (Å²) in [7, 11) is -2.56. The number of non-ortho nitro benzene ring substituents is 1. The maximum absolute atomic E-state index is 12.4. The zero-order valence-corrected chi connectivity index (χ0v) is 12.4. The van der Waals surface area contributed by atoms with Gasteiger partial charge in [0.25, 0.3) is 5.69 Å². The predicted molar refractivity (Wildman–Crippen MR) is 75.9 cm³/mol. The molecule has 9 heteroatoms. The Labute approximate surface area is 122 Å². The highest BCUT2D eigenvalue weighted by atomic mass is 32.2. The highest BCUT2D eigenvalue weighted by Crippen LogP contribution is 2.28. The molecule has 2 rings (SSSR count). The fourth-order valence-electron chi connectivity index (χ4n) is 2.22. The van der Waals surface area contributed by atoms with E-state index in [-0.39, 0.29) is 22.4 Å². The van der Waals surface area contributed by atoms with Crippen molar-refractivity contribution in [3.63, 3.8) is 0 Å². The summed E-state index contributed by atoms with van der Waals surface area (Å²) in [6, 6.07) is 3.27. The van der Waals surface area contributed by atoms with Gasteiger partial charge in [-0.15, -0.1) is 0 Å². The first-order valence-electron chi connectivity index (χ1n) is 6.49. The quantitative estimate of drug-likeness (QED) is 0.609. The average molecular weight is 315 g/mol. The molecule has 0 spiro atoms. The fraction of sp³-hybridized carbons (Fsp3) is 0.500. The van der Waals surface area contributed by atoms with Gasteiger partial charge in [0.1, 0.15) is 10.6 Å². The van der Waals surface area contributed by atoms with Crippen molar-refractivity contribution in [3.05, 3.63) is 28.3 Å². The maximum atomic E-state index is 12.4. The van der Waals surface area contributed by atoms with Gasteiger partial charge in [0.15, 0.2) is 0 Å². The van der Waals surface area contributed by atoms with Crippen LogP contribution in [0.5, 0.6) is 5.75 Å². The number of benzene rings is 1. The van der Waals surface area contributed by atoms with Gasteiger partial charge in [0.05, 0.1) is 12.0 Å². The van der Waals surface area contributed by atoms with Crippen molar-refractivity contribution in [1.82, 2.24) is 10.0 Å². The molecule has 1 heterocycles. The second kappa shape index (κ2) is 6.37. The van der Waals surface area contributed by atoms with Crippen molar-refractivity contribution in [2.24, 2.45) is 0 Å². The lowest BCUT2D eigenvalue weighted by Gasteiger charge is -2.23. The molecule has 0 aliphatic carbocycles. The summed E-state index contributed by atoms with van der Waals surface area (Å²) in [6.07, 6.45) is 1.60. The van der Waals surface area contributed by atoms with E-state index in [0.29, 0.717) is 6.54 Å². The van der Waals surface area contributed by atoms with Crippen LogP contribution >= 0.6 is 0 Å². The molecular formula is C12H17N3O5S. The Morgan fingerprint density at radius 3 is 2.81 bits per heavy atom. The predicted octanol–water partition coefficient (Wildman–Crippen LogP) is 0.634. The lowest BCUT2D eigenvalue weighted by Crippen LogP contribution is -2.45. The summed E-state index contributed by atoms with van der Waals surface area (Å²) in [4.78, 5) is 9.95. The zero-order chi connectivity index (χ0) is 15.5. The van der Waals surface area contributed by atoms with E-state index < -0.39 is 14.9 Å². The second-order valence-electron chi connectivity index (χ2n) is 4.76. The molecule has 1 aromatic carbocycles. The summed E-state index contributed by atoms with van der Waals surface area (Å²) in [5.74, 6) is 0.0804. The van der Waals surface area contributed by atoms with E-state index in [1.807, 2.05) is 0 Å². The van der Waals surface area contributed by atoms with E-state index in [9.17, 15) is 18.5 Å². The number of nitro groups is 1. The molecule has 0 bridgehead atoms. The first-order chi connectivity index (χ1) is 9.94. The molecule has 1 atom stereocenters. The van der Waals surface area contributed by atoms with Gasteiger partial charge >= 0.3 is 0 Å². The van der Waals surface area contributed by atoms with Crippen molar-refractivity contribution in [3.8, 4) is 5.75 Å². The van der Waals surface area contributed by atoms with Crippen LogP contribution in [0.2, 0.25) is 0 Å². The number of nitrogens with one attached hydrogen (secondary N) is 2. The molecule has 116 valence electrons. The summed E-state index contributed by atoms with van der Waals surface area (Å²) in [6.45, 7) is 1.40. The molecule has 1 saturated heterocycles. The van der Waals surface area contributed by atoms with Crippen LogP contribution in [0.1, 0.15) is 12.8 Å². The molecule has 0 radical (unpaired) electrons. The first kappa shape index (κ1) is 15.7. The van der Waals surface area contributed by atoms with E-state index in [4.69, 9.17) is 4.74 Å². The third kappa shape index (κ3) is 3.69. The number of nitro benzene ring substituents is 1. The molecule has 0 aromatic heterocycles. The van der Waals surface area contributed by atoms with Crippen molar-refractivity contribution in [1.29, 1.82) is 0 Å². The molecule has 1 unspecified atom stereocenters. The molecular weight excluding hydrogens is 298 g/mol. The Kier molecular flexibility index (Phi) is 4.76. The number of sulfonamides is 1. The number of nitrogens with zero attached hydrogens (tertiary/aromatic N) is 1. The minimum absolute atomic E-state index is 0.0804. The van der Waals surface area contributed by atoms with Crippen molar-refractivity contribution in [2.45, 2.75) is 23.8 Å². The number of ether oxygens (including phenoxy) is 1. The van der Waals surface area contributed by atoms with Gasteiger partial charge < -0.3 is 10.1 Å². The first-order valence-corrected chi connectivity index (χ1v) is 7.98. The summed E-state index contributed by atoms with van der Waals surface area (Å²) in [5.41, 5.74) is -0.294. The third-order valence-electron chi connectivity index (χ3n) is 3.27. The second-order valence-corrected chi connectivity index (χ2v) is 6.44. The topological polar surface area (TPSA) is 111 Å². The van der Waals surface area contributed by atoms with Gasteiger partial charge in [0.2, 0.25) is 10.0 Å². The molecule has 1 aliphatic heterocycles. The normalized spacial score (nSPS) is 19.2. The van der Waals surface area contributed by atoms with Gasteiger partial charge in [-0.25, -0.2) is 13.1 Å². The number of piperidine rings is 1. The van der Waals surface area contributed by atoms with E-state index in [1.54, 1.807) is 0 Å². The highest BCUT2D eigenvalue weighted by molar-refractivity contribution is 7.89. The molecule has 0 amide bonds. The molecule has 0 saturated carbocycles. The van der Waals surface area contributed by atoms with E-state index in [1.165, 1.54) is 19.2 Å². The maximum Gasteiger partial charge on any atom is 0.271 e. The smallest absolute Gasteiger partial charge is 0.271 e. The van der Waals surface area contributed by atoms with Crippen LogP contribution in [0, 0.1) is 10.1 Å². The Bertz CT molecular complexity index is 626. The Balaban J connectivity index is 2.32. The number of hydrogen-bond acceptors (Lipinski definition) is 6. The Morgan fingerprint density at radius 1 is 1.48 bits per heavy atom. The average Bonchev–Trinajstić information content (AvgIpc) is 2.47. The molecule has 21 heavy (non-hydrogen) atoms. The minimum atomic E-state index is -3.88.